The Hall–Kier alpha value is -0.610. The molecule has 2 N–H and O–H groups in total. The number of likely N-dealkylation sites (N-methyl/N-ethyl adjacent to an activating group) is 1. The lowest BCUT2D eigenvalue weighted by Gasteiger charge is -2.12. The average Bonchev–Trinajstić information content (AvgIpc) is 2.30. The van der Waals surface area contributed by atoms with Gasteiger partial charge < -0.3 is 10.6 Å². The first-order chi connectivity index (χ1) is 5.34. The Bertz CT molecular complexity index is 130. The summed E-state index contributed by atoms with van der Waals surface area (Å²) in [6.45, 7) is 2.44. The molecule has 1 aliphatic rings. The molecule has 63 valence electrons. The van der Waals surface area contributed by atoms with Crippen LogP contribution in [-0.2, 0) is 4.79 Å². The Balaban J connectivity index is 2.36. The number of carbonyl (C=O) groups is 1. The Kier molecular flexibility index (Phi) is 3.32. The maximum atomic E-state index is 11.1. The predicted octanol–water partition coefficient (Wildman–Crippen LogP) is -1.30. The van der Waals surface area contributed by atoms with Gasteiger partial charge in [0.2, 0.25) is 5.91 Å². The van der Waals surface area contributed by atoms with Gasteiger partial charge in [0.25, 0.3) is 0 Å². The van der Waals surface area contributed by atoms with E-state index in [2.05, 4.69) is 16.0 Å². The molecular weight excluding hydrogens is 142 g/mol. The van der Waals surface area contributed by atoms with E-state index in [-0.39, 0.29) is 11.9 Å². The van der Waals surface area contributed by atoms with Gasteiger partial charge in [0.05, 0.1) is 6.04 Å². The van der Waals surface area contributed by atoms with Gasteiger partial charge in [-0.1, -0.05) is 0 Å². The third kappa shape index (κ3) is 2.48. The van der Waals surface area contributed by atoms with E-state index in [0.717, 1.165) is 26.1 Å². The summed E-state index contributed by atoms with van der Waals surface area (Å²) in [7, 11) is 1.66. The number of amides is 1. The van der Waals surface area contributed by atoms with Crippen LogP contribution in [0.4, 0.5) is 0 Å². The van der Waals surface area contributed by atoms with Crippen LogP contribution in [-0.4, -0.2) is 38.6 Å². The van der Waals surface area contributed by atoms with Crippen molar-refractivity contribution in [2.45, 2.75) is 12.5 Å². The molecule has 1 radical (unpaired) electrons. The van der Waals surface area contributed by atoms with Crippen molar-refractivity contribution >= 4 is 5.91 Å². The summed E-state index contributed by atoms with van der Waals surface area (Å²) in [5.74, 6) is 0.0714. The van der Waals surface area contributed by atoms with Crippen molar-refractivity contribution in [3.8, 4) is 0 Å². The second-order valence-electron chi connectivity index (χ2n) is 2.58. The van der Waals surface area contributed by atoms with E-state index in [9.17, 15) is 4.79 Å². The second-order valence-corrected chi connectivity index (χ2v) is 2.58. The summed E-state index contributed by atoms with van der Waals surface area (Å²) in [6.07, 6.45) is 0.819. The largest absolute Gasteiger partial charge is 0.358 e. The Labute approximate surface area is 66.7 Å². The summed E-state index contributed by atoms with van der Waals surface area (Å²) in [6, 6.07) is -0.0359. The quantitative estimate of drug-likeness (QED) is 0.496. The second kappa shape index (κ2) is 4.31. The highest BCUT2D eigenvalue weighted by Crippen LogP contribution is 1.93. The summed E-state index contributed by atoms with van der Waals surface area (Å²) < 4.78 is 0. The van der Waals surface area contributed by atoms with Crippen molar-refractivity contribution in [1.29, 1.82) is 0 Å². The van der Waals surface area contributed by atoms with Gasteiger partial charge in [-0.3, -0.25) is 4.79 Å². The van der Waals surface area contributed by atoms with E-state index in [1.165, 1.54) is 0 Å². The summed E-state index contributed by atoms with van der Waals surface area (Å²) >= 11 is 0. The van der Waals surface area contributed by atoms with Crippen molar-refractivity contribution < 1.29 is 4.79 Å². The molecule has 4 heteroatoms. The minimum absolute atomic E-state index is 0.0359. The molecule has 1 amide bonds. The van der Waals surface area contributed by atoms with E-state index >= 15 is 0 Å². The molecule has 1 unspecified atom stereocenters. The van der Waals surface area contributed by atoms with Crippen LogP contribution < -0.4 is 16.0 Å². The fourth-order valence-electron chi connectivity index (χ4n) is 1.15. The predicted molar refractivity (Wildman–Crippen MR) is 42.3 cm³/mol. The smallest absolute Gasteiger partial charge is 0.236 e. The zero-order valence-electron chi connectivity index (χ0n) is 6.76. The Morgan fingerprint density at radius 2 is 2.45 bits per heavy atom. The first kappa shape index (κ1) is 8.49. The van der Waals surface area contributed by atoms with Crippen molar-refractivity contribution in [2.75, 3.05) is 26.7 Å². The maximum Gasteiger partial charge on any atom is 0.236 e. The van der Waals surface area contributed by atoms with Crippen LogP contribution in [0.25, 0.3) is 0 Å². The molecule has 0 aromatic carbocycles. The van der Waals surface area contributed by atoms with Gasteiger partial charge in [-0.05, 0) is 6.42 Å². The van der Waals surface area contributed by atoms with E-state index in [1.54, 1.807) is 7.05 Å². The fraction of sp³-hybridized carbons (Fsp3) is 0.857. The normalized spacial score (nSPS) is 25.7. The molecule has 1 heterocycles. The van der Waals surface area contributed by atoms with E-state index in [0.29, 0.717) is 0 Å². The molecule has 11 heavy (non-hydrogen) atoms. The van der Waals surface area contributed by atoms with Crippen molar-refractivity contribution in [2.24, 2.45) is 0 Å². The van der Waals surface area contributed by atoms with Crippen LogP contribution in [0.5, 0.6) is 0 Å². The highest BCUT2D eigenvalue weighted by molar-refractivity contribution is 5.81. The molecule has 0 aromatic heterocycles. The molecule has 0 aromatic rings. The van der Waals surface area contributed by atoms with Crippen LogP contribution in [0.15, 0.2) is 0 Å². The van der Waals surface area contributed by atoms with Crippen LogP contribution in [0, 0.1) is 0 Å². The number of nitrogens with one attached hydrogen (secondary N) is 2. The number of carbonyl (C=O) groups excluding carboxylic acids is 1. The number of rotatable bonds is 1. The molecule has 1 aliphatic heterocycles. The van der Waals surface area contributed by atoms with Gasteiger partial charge in [0.1, 0.15) is 0 Å². The van der Waals surface area contributed by atoms with E-state index in [1.807, 2.05) is 0 Å². The molecule has 0 aliphatic carbocycles. The van der Waals surface area contributed by atoms with Gasteiger partial charge >= 0.3 is 0 Å². The number of hydrogen-bond donors (Lipinski definition) is 2. The molecule has 0 spiro atoms. The standard InChI is InChI=1S/C7H14N3O/c1-8-7(11)6-2-3-9-4-5-10-6/h6,10H,2-5H2,1H3,(H,8,11). The zero-order valence-corrected chi connectivity index (χ0v) is 6.76. The third-order valence-electron chi connectivity index (χ3n) is 1.80. The molecule has 4 nitrogen and oxygen atoms in total. The molecule has 1 saturated heterocycles. The van der Waals surface area contributed by atoms with Crippen LogP contribution in [0.3, 0.4) is 0 Å². The van der Waals surface area contributed by atoms with Crippen molar-refractivity contribution in [3.63, 3.8) is 0 Å². The third-order valence-corrected chi connectivity index (χ3v) is 1.80. The summed E-state index contributed by atoms with van der Waals surface area (Å²) in [5.41, 5.74) is 0. The van der Waals surface area contributed by atoms with Gasteiger partial charge in [0.15, 0.2) is 0 Å². The van der Waals surface area contributed by atoms with Crippen molar-refractivity contribution in [3.05, 3.63) is 0 Å². The summed E-state index contributed by atoms with van der Waals surface area (Å²) in [5, 5.41) is 9.94. The molecule has 1 atom stereocenters. The highest BCUT2D eigenvalue weighted by atomic mass is 16.2. The SMILES string of the molecule is CNC(=O)C1CC[N]CCN1. The lowest BCUT2D eigenvalue weighted by atomic mass is 10.2. The lowest BCUT2D eigenvalue weighted by Crippen LogP contribution is -2.42. The maximum absolute atomic E-state index is 11.1. The van der Waals surface area contributed by atoms with E-state index < -0.39 is 0 Å². The number of hydrogen-bond acceptors (Lipinski definition) is 2. The van der Waals surface area contributed by atoms with Gasteiger partial charge in [-0.15, -0.1) is 0 Å². The molecule has 1 fully saturated rings. The highest BCUT2D eigenvalue weighted by Gasteiger charge is 2.17. The summed E-state index contributed by atoms with van der Waals surface area (Å²) in [4.78, 5) is 11.1. The minimum Gasteiger partial charge on any atom is -0.358 e. The minimum atomic E-state index is -0.0359. The monoisotopic (exact) mass is 156 g/mol. The van der Waals surface area contributed by atoms with Crippen LogP contribution in [0.2, 0.25) is 0 Å². The van der Waals surface area contributed by atoms with Gasteiger partial charge in [0, 0.05) is 26.7 Å². The Morgan fingerprint density at radius 3 is 3.18 bits per heavy atom. The van der Waals surface area contributed by atoms with Gasteiger partial charge in [-0.2, -0.15) is 0 Å². The molecule has 0 saturated carbocycles. The first-order valence-electron chi connectivity index (χ1n) is 3.93. The van der Waals surface area contributed by atoms with Crippen LogP contribution in [0.1, 0.15) is 6.42 Å². The number of nitrogens with zero attached hydrogens (tertiary/aromatic N) is 1. The lowest BCUT2D eigenvalue weighted by molar-refractivity contribution is -0.122. The van der Waals surface area contributed by atoms with Crippen molar-refractivity contribution in [1.82, 2.24) is 16.0 Å². The first-order valence-corrected chi connectivity index (χ1v) is 3.93. The topological polar surface area (TPSA) is 55.2 Å². The Morgan fingerprint density at radius 1 is 1.64 bits per heavy atom. The molecule has 0 bridgehead atoms. The molecular formula is C7H14N3O. The zero-order chi connectivity index (χ0) is 8.10. The van der Waals surface area contributed by atoms with Crippen LogP contribution >= 0.6 is 0 Å². The average molecular weight is 156 g/mol. The fourth-order valence-corrected chi connectivity index (χ4v) is 1.15. The molecule has 1 rings (SSSR count). The van der Waals surface area contributed by atoms with Gasteiger partial charge in [-0.25, -0.2) is 5.32 Å². The van der Waals surface area contributed by atoms with E-state index in [4.69, 9.17) is 0 Å².